The van der Waals surface area contributed by atoms with Gasteiger partial charge in [-0.2, -0.15) is 0 Å². The lowest BCUT2D eigenvalue weighted by molar-refractivity contribution is 0.0198. The van der Waals surface area contributed by atoms with Crippen molar-refractivity contribution >= 4 is 11.3 Å². The van der Waals surface area contributed by atoms with Crippen LogP contribution >= 0.6 is 11.3 Å². The molecule has 2 nitrogen and oxygen atoms in total. The summed E-state index contributed by atoms with van der Waals surface area (Å²) in [5.41, 5.74) is 4.04. The van der Waals surface area contributed by atoms with Crippen molar-refractivity contribution in [2.75, 3.05) is 26.3 Å². The van der Waals surface area contributed by atoms with E-state index in [1.54, 1.807) is 0 Å². The van der Waals surface area contributed by atoms with Gasteiger partial charge >= 0.3 is 0 Å². The standard InChI is InChI=1S/C17H21NOS/c1-13-11-17(12-20-13)16-5-3-15(4-6-16)14(2)18-7-9-19-10-8-18/h3-6,11-12,14H,7-10H2,1-2H3/t14-/m0/s1. The fourth-order valence-corrected chi connectivity index (χ4v) is 3.44. The van der Waals surface area contributed by atoms with E-state index in [2.05, 4.69) is 54.5 Å². The molecule has 0 saturated carbocycles. The van der Waals surface area contributed by atoms with Gasteiger partial charge in [-0.1, -0.05) is 24.3 Å². The van der Waals surface area contributed by atoms with Crippen LogP contribution in [0.2, 0.25) is 0 Å². The summed E-state index contributed by atoms with van der Waals surface area (Å²) in [6.07, 6.45) is 0. The third kappa shape index (κ3) is 2.95. The predicted molar refractivity (Wildman–Crippen MR) is 85.3 cm³/mol. The first-order chi connectivity index (χ1) is 9.74. The Morgan fingerprint density at radius 1 is 1.10 bits per heavy atom. The van der Waals surface area contributed by atoms with Gasteiger partial charge in [0.15, 0.2) is 0 Å². The molecule has 1 aromatic heterocycles. The molecule has 1 aliphatic rings. The Labute approximate surface area is 125 Å². The van der Waals surface area contributed by atoms with Crippen molar-refractivity contribution < 1.29 is 4.74 Å². The monoisotopic (exact) mass is 287 g/mol. The van der Waals surface area contributed by atoms with Crippen LogP contribution in [0.1, 0.15) is 23.4 Å². The number of benzene rings is 1. The average molecular weight is 287 g/mol. The number of morpholine rings is 1. The molecule has 2 heterocycles. The number of aryl methyl sites for hydroxylation is 1. The molecule has 1 atom stereocenters. The summed E-state index contributed by atoms with van der Waals surface area (Å²) in [7, 11) is 0. The van der Waals surface area contributed by atoms with Crippen LogP contribution in [-0.2, 0) is 4.74 Å². The Morgan fingerprint density at radius 2 is 1.80 bits per heavy atom. The molecule has 3 heteroatoms. The molecular formula is C17H21NOS. The highest BCUT2D eigenvalue weighted by atomic mass is 32.1. The van der Waals surface area contributed by atoms with Crippen molar-refractivity contribution in [2.24, 2.45) is 0 Å². The van der Waals surface area contributed by atoms with Crippen molar-refractivity contribution in [3.05, 3.63) is 46.2 Å². The van der Waals surface area contributed by atoms with Gasteiger partial charge in [0, 0.05) is 24.0 Å². The lowest BCUT2D eigenvalue weighted by atomic mass is 10.0. The Balaban J connectivity index is 1.75. The minimum atomic E-state index is 0.470. The van der Waals surface area contributed by atoms with E-state index in [4.69, 9.17) is 4.74 Å². The van der Waals surface area contributed by atoms with E-state index < -0.39 is 0 Å². The molecule has 0 spiro atoms. The quantitative estimate of drug-likeness (QED) is 0.842. The smallest absolute Gasteiger partial charge is 0.0594 e. The van der Waals surface area contributed by atoms with Crippen LogP contribution in [0.15, 0.2) is 35.7 Å². The summed E-state index contributed by atoms with van der Waals surface area (Å²) in [6.45, 7) is 8.23. The number of rotatable bonds is 3. The van der Waals surface area contributed by atoms with E-state index in [1.807, 2.05) is 11.3 Å². The van der Waals surface area contributed by atoms with Gasteiger partial charge in [0.05, 0.1) is 13.2 Å². The number of thiophene rings is 1. The first-order valence-corrected chi connectivity index (χ1v) is 8.09. The molecule has 106 valence electrons. The summed E-state index contributed by atoms with van der Waals surface area (Å²) >= 11 is 1.81. The van der Waals surface area contributed by atoms with E-state index in [-0.39, 0.29) is 0 Å². The van der Waals surface area contributed by atoms with Gasteiger partial charge in [-0.3, -0.25) is 4.90 Å². The van der Waals surface area contributed by atoms with Crippen molar-refractivity contribution in [1.82, 2.24) is 4.90 Å². The predicted octanol–water partition coefficient (Wildman–Crippen LogP) is 4.12. The lowest BCUT2D eigenvalue weighted by Crippen LogP contribution is -2.37. The molecule has 1 saturated heterocycles. The molecular weight excluding hydrogens is 266 g/mol. The zero-order chi connectivity index (χ0) is 13.9. The highest BCUT2D eigenvalue weighted by Crippen LogP contribution is 2.28. The van der Waals surface area contributed by atoms with Crippen LogP contribution < -0.4 is 0 Å². The lowest BCUT2D eigenvalue weighted by Gasteiger charge is -2.32. The Hall–Kier alpha value is -1.16. The molecule has 0 aliphatic carbocycles. The second kappa shape index (κ2) is 6.08. The van der Waals surface area contributed by atoms with Crippen LogP contribution in [-0.4, -0.2) is 31.2 Å². The van der Waals surface area contributed by atoms with Crippen LogP contribution in [0.5, 0.6) is 0 Å². The van der Waals surface area contributed by atoms with E-state index in [0.29, 0.717) is 6.04 Å². The molecule has 0 unspecified atom stereocenters. The molecule has 0 radical (unpaired) electrons. The van der Waals surface area contributed by atoms with Gasteiger partial charge in [-0.05, 0) is 42.0 Å². The maximum Gasteiger partial charge on any atom is 0.0594 e. The fourth-order valence-electron chi connectivity index (χ4n) is 2.72. The topological polar surface area (TPSA) is 12.5 Å². The van der Waals surface area contributed by atoms with Gasteiger partial charge in [0.1, 0.15) is 0 Å². The molecule has 1 aliphatic heterocycles. The highest BCUT2D eigenvalue weighted by molar-refractivity contribution is 7.10. The van der Waals surface area contributed by atoms with Crippen molar-refractivity contribution in [1.29, 1.82) is 0 Å². The van der Waals surface area contributed by atoms with Gasteiger partial charge in [-0.15, -0.1) is 11.3 Å². The molecule has 0 N–H and O–H groups in total. The van der Waals surface area contributed by atoms with Crippen LogP contribution in [0.4, 0.5) is 0 Å². The first kappa shape index (κ1) is 13.8. The number of nitrogens with zero attached hydrogens (tertiary/aromatic N) is 1. The van der Waals surface area contributed by atoms with Crippen molar-refractivity contribution in [3.8, 4) is 11.1 Å². The Kier molecular flexibility index (Phi) is 4.20. The van der Waals surface area contributed by atoms with Gasteiger partial charge in [-0.25, -0.2) is 0 Å². The summed E-state index contributed by atoms with van der Waals surface area (Å²) in [5, 5.41) is 2.23. The summed E-state index contributed by atoms with van der Waals surface area (Å²) in [6, 6.07) is 11.7. The van der Waals surface area contributed by atoms with Crippen molar-refractivity contribution in [2.45, 2.75) is 19.9 Å². The maximum atomic E-state index is 5.42. The second-order valence-corrected chi connectivity index (χ2v) is 6.51. The minimum absolute atomic E-state index is 0.470. The van der Waals surface area contributed by atoms with E-state index in [9.17, 15) is 0 Å². The van der Waals surface area contributed by atoms with E-state index >= 15 is 0 Å². The normalized spacial score (nSPS) is 18.1. The molecule has 0 bridgehead atoms. The molecule has 2 aromatic rings. The number of hydrogen-bond acceptors (Lipinski definition) is 3. The Morgan fingerprint density at radius 3 is 2.40 bits per heavy atom. The second-order valence-electron chi connectivity index (χ2n) is 5.39. The number of ether oxygens (including phenoxy) is 1. The maximum absolute atomic E-state index is 5.42. The zero-order valence-electron chi connectivity index (χ0n) is 12.1. The van der Waals surface area contributed by atoms with Crippen molar-refractivity contribution in [3.63, 3.8) is 0 Å². The van der Waals surface area contributed by atoms with E-state index in [1.165, 1.54) is 21.6 Å². The SMILES string of the molecule is Cc1cc(-c2ccc([C@H](C)N3CCOCC3)cc2)cs1. The van der Waals surface area contributed by atoms with Crippen LogP contribution in [0.3, 0.4) is 0 Å². The minimum Gasteiger partial charge on any atom is -0.379 e. The summed E-state index contributed by atoms with van der Waals surface area (Å²) in [4.78, 5) is 3.86. The molecule has 0 amide bonds. The Bertz CT molecular complexity index is 555. The van der Waals surface area contributed by atoms with Gasteiger partial charge in [0.25, 0.3) is 0 Å². The molecule has 1 fully saturated rings. The molecule has 3 rings (SSSR count). The molecule has 1 aromatic carbocycles. The fraction of sp³-hybridized carbons (Fsp3) is 0.412. The average Bonchev–Trinajstić information content (AvgIpc) is 2.94. The first-order valence-electron chi connectivity index (χ1n) is 7.21. The largest absolute Gasteiger partial charge is 0.379 e. The van der Waals surface area contributed by atoms with Crippen LogP contribution in [0, 0.1) is 6.92 Å². The number of hydrogen-bond donors (Lipinski definition) is 0. The highest BCUT2D eigenvalue weighted by Gasteiger charge is 2.18. The summed E-state index contributed by atoms with van der Waals surface area (Å²) in [5.74, 6) is 0. The third-order valence-corrected chi connectivity index (χ3v) is 4.91. The van der Waals surface area contributed by atoms with Gasteiger partial charge in [0.2, 0.25) is 0 Å². The van der Waals surface area contributed by atoms with Gasteiger partial charge < -0.3 is 4.74 Å². The summed E-state index contributed by atoms with van der Waals surface area (Å²) < 4.78 is 5.42. The molecule has 20 heavy (non-hydrogen) atoms. The zero-order valence-corrected chi connectivity index (χ0v) is 13.0. The van der Waals surface area contributed by atoms with E-state index in [0.717, 1.165) is 26.3 Å². The van der Waals surface area contributed by atoms with Crippen LogP contribution in [0.25, 0.3) is 11.1 Å². The third-order valence-electron chi connectivity index (χ3n) is 4.05.